The Hall–Kier alpha value is -2.04. The van der Waals surface area contributed by atoms with Crippen LogP contribution in [0.1, 0.15) is 38.3 Å². The van der Waals surface area contributed by atoms with Crippen LogP contribution in [0, 0.1) is 19.8 Å². The molecule has 0 heterocycles. The first-order valence-corrected chi connectivity index (χ1v) is 7.34. The molecular formula is C17H27NO4. The lowest BCUT2D eigenvalue weighted by molar-refractivity contribution is -0.143. The molecule has 0 radical (unpaired) electrons. The van der Waals surface area contributed by atoms with Gasteiger partial charge in [-0.3, -0.25) is 4.79 Å². The molecular weight excluding hydrogens is 282 g/mol. The molecule has 0 saturated heterocycles. The Kier molecular flexibility index (Phi) is 8.91. The lowest BCUT2D eigenvalue weighted by Crippen LogP contribution is -2.43. The van der Waals surface area contributed by atoms with Crippen molar-refractivity contribution >= 4 is 11.9 Å². The molecule has 5 nitrogen and oxygen atoms in total. The van der Waals surface area contributed by atoms with E-state index in [4.69, 9.17) is 9.84 Å². The predicted octanol–water partition coefficient (Wildman–Crippen LogP) is 2.93. The molecule has 2 atom stereocenters. The van der Waals surface area contributed by atoms with E-state index in [2.05, 4.69) is 18.3 Å². The van der Waals surface area contributed by atoms with Crippen LogP contribution in [-0.4, -0.2) is 30.1 Å². The van der Waals surface area contributed by atoms with Gasteiger partial charge in [0.05, 0.1) is 7.11 Å². The number of nitrogens with one attached hydrogen (secondary N) is 1. The van der Waals surface area contributed by atoms with E-state index in [-0.39, 0.29) is 11.8 Å². The first-order valence-electron chi connectivity index (χ1n) is 7.34. The van der Waals surface area contributed by atoms with Gasteiger partial charge < -0.3 is 15.2 Å². The van der Waals surface area contributed by atoms with Gasteiger partial charge in [-0.05, 0) is 31.4 Å². The van der Waals surface area contributed by atoms with Gasteiger partial charge >= 0.3 is 5.97 Å². The molecule has 0 aliphatic rings. The van der Waals surface area contributed by atoms with Crippen molar-refractivity contribution in [1.82, 2.24) is 5.32 Å². The minimum atomic E-state index is -0.973. The fourth-order valence-electron chi connectivity index (χ4n) is 1.93. The van der Waals surface area contributed by atoms with Gasteiger partial charge in [-0.1, -0.05) is 38.0 Å². The minimum absolute atomic E-state index is 0.0357. The highest BCUT2D eigenvalue weighted by Gasteiger charge is 2.23. The molecule has 1 amide bonds. The van der Waals surface area contributed by atoms with Crippen LogP contribution in [0.3, 0.4) is 0 Å². The van der Waals surface area contributed by atoms with Gasteiger partial charge in [0.2, 0.25) is 5.91 Å². The Labute approximate surface area is 132 Å². The van der Waals surface area contributed by atoms with Crippen molar-refractivity contribution in [2.24, 2.45) is 5.92 Å². The maximum absolute atomic E-state index is 10.6. The summed E-state index contributed by atoms with van der Waals surface area (Å²) in [4.78, 5) is 21.2. The highest BCUT2D eigenvalue weighted by atomic mass is 16.5. The van der Waals surface area contributed by atoms with Gasteiger partial charge in [0.25, 0.3) is 0 Å². The zero-order chi connectivity index (χ0) is 17.3. The molecule has 0 aliphatic heterocycles. The van der Waals surface area contributed by atoms with Gasteiger partial charge in [-0.15, -0.1) is 0 Å². The van der Waals surface area contributed by atoms with Crippen LogP contribution in [0.15, 0.2) is 18.2 Å². The van der Waals surface area contributed by atoms with Gasteiger partial charge in [0.1, 0.15) is 11.8 Å². The quantitative estimate of drug-likeness (QED) is 0.877. The monoisotopic (exact) mass is 309 g/mol. The van der Waals surface area contributed by atoms with Crippen LogP contribution < -0.4 is 10.1 Å². The van der Waals surface area contributed by atoms with Crippen molar-refractivity contribution in [3.05, 3.63) is 29.3 Å². The Morgan fingerprint density at radius 2 is 1.91 bits per heavy atom. The second-order valence-electron chi connectivity index (χ2n) is 5.38. The topological polar surface area (TPSA) is 75.6 Å². The summed E-state index contributed by atoms with van der Waals surface area (Å²) in [6, 6.07) is 5.39. The average molecular weight is 309 g/mol. The second kappa shape index (κ2) is 9.82. The molecule has 0 fully saturated rings. The zero-order valence-electron chi connectivity index (χ0n) is 14.3. The van der Waals surface area contributed by atoms with Crippen LogP contribution >= 0.6 is 0 Å². The third-order valence-electron chi connectivity index (χ3n) is 3.39. The van der Waals surface area contributed by atoms with E-state index in [0.717, 1.165) is 12.2 Å². The van der Waals surface area contributed by atoms with Crippen molar-refractivity contribution < 1.29 is 19.4 Å². The first-order chi connectivity index (χ1) is 10.2. The summed E-state index contributed by atoms with van der Waals surface area (Å²) in [5, 5.41) is 11.1. The van der Waals surface area contributed by atoms with Crippen LogP contribution in [0.5, 0.6) is 5.75 Å². The van der Waals surface area contributed by atoms with Crippen LogP contribution in [-0.2, 0) is 9.59 Å². The van der Waals surface area contributed by atoms with Crippen molar-refractivity contribution in [3.63, 3.8) is 0 Å². The molecule has 124 valence electrons. The Morgan fingerprint density at radius 3 is 2.27 bits per heavy atom. The summed E-state index contributed by atoms with van der Waals surface area (Å²) < 4.78 is 5.10. The number of carboxylic acids is 1. The van der Waals surface area contributed by atoms with Crippen LogP contribution in [0.25, 0.3) is 0 Å². The maximum atomic E-state index is 10.6. The van der Waals surface area contributed by atoms with E-state index in [9.17, 15) is 9.59 Å². The summed E-state index contributed by atoms with van der Waals surface area (Å²) in [7, 11) is 1.69. The summed E-state index contributed by atoms with van der Waals surface area (Å²) in [6.07, 6.45) is 0.733. The van der Waals surface area contributed by atoms with E-state index < -0.39 is 12.0 Å². The van der Waals surface area contributed by atoms with E-state index in [0.29, 0.717) is 0 Å². The summed E-state index contributed by atoms with van der Waals surface area (Å²) >= 11 is 0. The lowest BCUT2D eigenvalue weighted by Gasteiger charge is -2.18. The molecule has 2 unspecified atom stereocenters. The highest BCUT2D eigenvalue weighted by molar-refractivity contribution is 5.82. The summed E-state index contributed by atoms with van der Waals surface area (Å²) in [5.41, 5.74) is 2.47. The largest absolute Gasteiger partial charge is 0.496 e. The summed E-state index contributed by atoms with van der Waals surface area (Å²) in [6.45, 7) is 9.13. The van der Waals surface area contributed by atoms with Gasteiger partial charge in [-0.25, -0.2) is 4.79 Å². The highest BCUT2D eigenvalue weighted by Crippen LogP contribution is 2.17. The number of benzene rings is 1. The zero-order valence-corrected chi connectivity index (χ0v) is 14.3. The molecule has 0 aromatic heterocycles. The van der Waals surface area contributed by atoms with Crippen molar-refractivity contribution in [2.45, 2.75) is 47.1 Å². The van der Waals surface area contributed by atoms with Gasteiger partial charge in [0, 0.05) is 6.92 Å². The average Bonchev–Trinajstić information content (AvgIpc) is 2.44. The fraction of sp³-hybridized carbons (Fsp3) is 0.529. The Balaban J connectivity index is 0.000000406. The number of ether oxygens (including phenoxy) is 1. The van der Waals surface area contributed by atoms with E-state index in [1.54, 1.807) is 14.0 Å². The molecule has 22 heavy (non-hydrogen) atoms. The predicted molar refractivity (Wildman–Crippen MR) is 87.2 cm³/mol. The van der Waals surface area contributed by atoms with Crippen LogP contribution in [0.4, 0.5) is 0 Å². The normalized spacial score (nSPS) is 12.5. The molecule has 5 heteroatoms. The Morgan fingerprint density at radius 1 is 1.32 bits per heavy atom. The number of carbonyl (C=O) groups is 2. The molecule has 2 N–H and O–H groups in total. The number of carboxylic acid groups (broad SMARTS) is 1. The van der Waals surface area contributed by atoms with E-state index in [1.807, 2.05) is 26.0 Å². The Bertz CT molecular complexity index is 499. The van der Waals surface area contributed by atoms with Crippen molar-refractivity contribution in [3.8, 4) is 5.75 Å². The van der Waals surface area contributed by atoms with Crippen molar-refractivity contribution in [1.29, 1.82) is 0 Å². The minimum Gasteiger partial charge on any atom is -0.496 e. The maximum Gasteiger partial charge on any atom is 0.326 e. The molecule has 0 aliphatic carbocycles. The SMILES string of the molecule is CCC(C)C(NC(C)=O)C(=O)O.COc1ccc(C)cc1C. The number of aliphatic carboxylic acids is 1. The van der Waals surface area contributed by atoms with Gasteiger partial charge in [0.15, 0.2) is 0 Å². The number of aryl methyl sites for hydroxylation is 2. The standard InChI is InChI=1S/C9H12O.C8H15NO3/c1-7-4-5-9(10-3)8(2)6-7;1-4-5(2)7(8(11)12)9-6(3)10/h4-6H,1-3H3;5,7H,4H2,1-3H3,(H,9,10)(H,11,12). The molecule has 1 rings (SSSR count). The van der Waals surface area contributed by atoms with Crippen LogP contribution in [0.2, 0.25) is 0 Å². The number of hydrogen-bond donors (Lipinski definition) is 2. The molecule has 0 saturated carbocycles. The number of hydrogen-bond acceptors (Lipinski definition) is 3. The number of rotatable bonds is 5. The first kappa shape index (κ1) is 20.0. The number of amides is 1. The number of methoxy groups -OCH3 is 1. The van der Waals surface area contributed by atoms with E-state index in [1.165, 1.54) is 18.1 Å². The number of carbonyl (C=O) groups excluding carboxylic acids is 1. The van der Waals surface area contributed by atoms with E-state index >= 15 is 0 Å². The lowest BCUT2D eigenvalue weighted by atomic mass is 9.99. The molecule has 1 aromatic carbocycles. The second-order valence-corrected chi connectivity index (χ2v) is 5.38. The summed E-state index contributed by atoms with van der Waals surface area (Å²) in [5.74, 6) is -0.348. The molecule has 0 bridgehead atoms. The van der Waals surface area contributed by atoms with Crippen molar-refractivity contribution in [2.75, 3.05) is 7.11 Å². The fourth-order valence-corrected chi connectivity index (χ4v) is 1.93. The molecule has 1 aromatic rings. The molecule has 0 spiro atoms. The third kappa shape index (κ3) is 7.11. The third-order valence-corrected chi connectivity index (χ3v) is 3.39. The van der Waals surface area contributed by atoms with Gasteiger partial charge in [-0.2, -0.15) is 0 Å². The smallest absolute Gasteiger partial charge is 0.326 e.